The SMILES string of the molecule is O=C(ON1CCC(CCc2ccc(F)cc2)CC1)C(F)(F)F. The molecule has 0 N–H and O–H groups in total. The van der Waals surface area contributed by atoms with E-state index in [0.717, 1.165) is 23.5 Å². The zero-order valence-corrected chi connectivity index (χ0v) is 11.9. The molecule has 1 fully saturated rings. The molecule has 0 amide bonds. The minimum atomic E-state index is -4.96. The van der Waals surface area contributed by atoms with Gasteiger partial charge in [-0.25, -0.2) is 9.18 Å². The van der Waals surface area contributed by atoms with Gasteiger partial charge in [-0.05, 0) is 49.3 Å². The number of carbonyl (C=O) groups is 1. The van der Waals surface area contributed by atoms with E-state index in [2.05, 4.69) is 4.84 Å². The molecular formula is C15H17F4NO2. The van der Waals surface area contributed by atoms with Crippen LogP contribution in [0.1, 0.15) is 24.8 Å². The van der Waals surface area contributed by atoms with Gasteiger partial charge in [-0.2, -0.15) is 13.2 Å². The number of hydrogen-bond donors (Lipinski definition) is 0. The lowest BCUT2D eigenvalue weighted by molar-refractivity contribution is -0.242. The summed E-state index contributed by atoms with van der Waals surface area (Å²) in [4.78, 5) is 15.0. The third kappa shape index (κ3) is 4.98. The van der Waals surface area contributed by atoms with Gasteiger partial charge < -0.3 is 4.84 Å². The van der Waals surface area contributed by atoms with Gasteiger partial charge in [-0.1, -0.05) is 12.1 Å². The second kappa shape index (κ2) is 7.09. The first-order valence-electron chi connectivity index (χ1n) is 7.13. The highest BCUT2D eigenvalue weighted by atomic mass is 19.4. The molecule has 0 saturated carbocycles. The number of benzene rings is 1. The van der Waals surface area contributed by atoms with E-state index in [1.54, 1.807) is 12.1 Å². The Hall–Kier alpha value is -1.63. The van der Waals surface area contributed by atoms with Crippen LogP contribution in [0, 0.1) is 11.7 Å². The maximum absolute atomic E-state index is 12.8. The first-order chi connectivity index (χ1) is 10.3. The second-order valence-electron chi connectivity index (χ2n) is 5.41. The van der Waals surface area contributed by atoms with Crippen LogP contribution >= 0.6 is 0 Å². The molecule has 0 aromatic heterocycles. The van der Waals surface area contributed by atoms with E-state index in [1.165, 1.54) is 12.1 Å². The van der Waals surface area contributed by atoms with Crippen LogP contribution in [0.4, 0.5) is 17.6 Å². The molecule has 1 saturated heterocycles. The van der Waals surface area contributed by atoms with Crippen molar-refractivity contribution in [3.05, 3.63) is 35.6 Å². The summed E-state index contributed by atoms with van der Waals surface area (Å²) < 4.78 is 49.1. The smallest absolute Gasteiger partial charge is 0.361 e. The molecule has 22 heavy (non-hydrogen) atoms. The van der Waals surface area contributed by atoms with Gasteiger partial charge in [0.05, 0.1) is 0 Å². The third-order valence-electron chi connectivity index (χ3n) is 3.77. The van der Waals surface area contributed by atoms with Crippen LogP contribution in [-0.4, -0.2) is 30.3 Å². The van der Waals surface area contributed by atoms with Crippen molar-refractivity contribution in [1.29, 1.82) is 0 Å². The standard InChI is InChI=1S/C15H17F4NO2/c16-13-5-3-11(4-6-13)1-2-12-7-9-20(10-8-12)22-14(21)15(17,18)19/h3-6,12H,1-2,7-10H2. The number of hydroxylamine groups is 2. The van der Waals surface area contributed by atoms with E-state index in [9.17, 15) is 22.4 Å². The Kier molecular flexibility index (Phi) is 5.39. The monoisotopic (exact) mass is 319 g/mol. The predicted molar refractivity (Wildman–Crippen MR) is 71.2 cm³/mol. The molecule has 0 spiro atoms. The highest BCUT2D eigenvalue weighted by Crippen LogP contribution is 2.24. The lowest BCUT2D eigenvalue weighted by Gasteiger charge is -2.30. The van der Waals surface area contributed by atoms with Crippen LogP contribution in [-0.2, 0) is 16.1 Å². The lowest BCUT2D eigenvalue weighted by Crippen LogP contribution is -2.39. The Bertz CT molecular complexity index is 493. The van der Waals surface area contributed by atoms with Crippen molar-refractivity contribution < 1.29 is 27.2 Å². The fourth-order valence-corrected chi connectivity index (χ4v) is 2.48. The van der Waals surface area contributed by atoms with Crippen molar-refractivity contribution in [2.24, 2.45) is 5.92 Å². The Labute approximate surface area is 125 Å². The zero-order chi connectivity index (χ0) is 16.2. The van der Waals surface area contributed by atoms with Gasteiger partial charge in [-0.15, -0.1) is 5.06 Å². The van der Waals surface area contributed by atoms with Crippen molar-refractivity contribution >= 4 is 5.97 Å². The van der Waals surface area contributed by atoms with E-state index in [0.29, 0.717) is 31.8 Å². The highest BCUT2D eigenvalue weighted by Gasteiger charge is 2.42. The summed E-state index contributed by atoms with van der Waals surface area (Å²) in [5.41, 5.74) is 1.03. The van der Waals surface area contributed by atoms with Crippen LogP contribution in [0.5, 0.6) is 0 Å². The molecule has 0 aliphatic carbocycles. The maximum atomic E-state index is 12.8. The van der Waals surface area contributed by atoms with Crippen LogP contribution in [0.25, 0.3) is 0 Å². The molecule has 3 nitrogen and oxygen atoms in total. The van der Waals surface area contributed by atoms with E-state index in [4.69, 9.17) is 0 Å². The van der Waals surface area contributed by atoms with Crippen molar-refractivity contribution in [3.63, 3.8) is 0 Å². The number of rotatable bonds is 4. The Morgan fingerprint density at radius 2 is 1.77 bits per heavy atom. The van der Waals surface area contributed by atoms with Crippen molar-refractivity contribution in [2.45, 2.75) is 31.9 Å². The largest absolute Gasteiger partial charge is 0.492 e. The summed E-state index contributed by atoms with van der Waals surface area (Å²) in [7, 11) is 0. The van der Waals surface area contributed by atoms with Gasteiger partial charge in [0.1, 0.15) is 5.82 Å². The maximum Gasteiger partial charge on any atom is 0.492 e. The van der Waals surface area contributed by atoms with E-state index >= 15 is 0 Å². The number of carbonyl (C=O) groups excluding carboxylic acids is 1. The predicted octanol–water partition coefficient (Wildman–Crippen LogP) is 3.49. The number of piperidine rings is 1. The highest BCUT2D eigenvalue weighted by molar-refractivity contribution is 5.75. The van der Waals surface area contributed by atoms with Crippen molar-refractivity contribution in [2.75, 3.05) is 13.1 Å². The number of hydrogen-bond acceptors (Lipinski definition) is 3. The summed E-state index contributed by atoms with van der Waals surface area (Å²) in [5, 5.41) is 1.07. The molecule has 0 radical (unpaired) electrons. The fourth-order valence-electron chi connectivity index (χ4n) is 2.48. The van der Waals surface area contributed by atoms with Crippen LogP contribution in [0.3, 0.4) is 0 Å². The third-order valence-corrected chi connectivity index (χ3v) is 3.77. The summed E-state index contributed by atoms with van der Waals surface area (Å²) in [6.07, 6.45) is -1.93. The molecule has 1 heterocycles. The Morgan fingerprint density at radius 1 is 1.18 bits per heavy atom. The molecule has 122 valence electrons. The van der Waals surface area contributed by atoms with Gasteiger partial charge >= 0.3 is 12.1 Å². The lowest BCUT2D eigenvalue weighted by atomic mass is 9.91. The molecule has 1 aromatic carbocycles. The summed E-state index contributed by atoms with van der Waals surface area (Å²) in [6.45, 7) is 0.603. The second-order valence-corrected chi connectivity index (χ2v) is 5.41. The van der Waals surface area contributed by atoms with Crippen molar-refractivity contribution in [3.8, 4) is 0 Å². The molecule has 1 aliphatic rings. The summed E-state index contributed by atoms with van der Waals surface area (Å²) >= 11 is 0. The minimum absolute atomic E-state index is 0.275. The average molecular weight is 319 g/mol. The average Bonchev–Trinajstić information content (AvgIpc) is 2.47. The molecular weight excluding hydrogens is 302 g/mol. The van der Waals surface area contributed by atoms with E-state index in [1.807, 2.05) is 0 Å². The van der Waals surface area contributed by atoms with E-state index < -0.39 is 12.1 Å². The van der Waals surface area contributed by atoms with Crippen LogP contribution in [0.15, 0.2) is 24.3 Å². The number of alkyl halides is 3. The Balaban J connectivity index is 1.71. The quantitative estimate of drug-likeness (QED) is 0.796. The molecule has 2 rings (SSSR count). The minimum Gasteiger partial charge on any atom is -0.361 e. The van der Waals surface area contributed by atoms with Gasteiger partial charge in [0, 0.05) is 13.1 Å². The number of halogens is 4. The zero-order valence-electron chi connectivity index (χ0n) is 11.9. The first-order valence-corrected chi connectivity index (χ1v) is 7.13. The topological polar surface area (TPSA) is 29.5 Å². The first kappa shape index (κ1) is 16.7. The van der Waals surface area contributed by atoms with Gasteiger partial charge in [0.25, 0.3) is 0 Å². The number of aryl methyl sites for hydroxylation is 1. The molecule has 1 aliphatic heterocycles. The normalized spacial score (nSPS) is 17.5. The molecule has 1 aromatic rings. The van der Waals surface area contributed by atoms with Gasteiger partial charge in [-0.3, -0.25) is 0 Å². The molecule has 7 heteroatoms. The van der Waals surface area contributed by atoms with Crippen LogP contribution < -0.4 is 0 Å². The van der Waals surface area contributed by atoms with Gasteiger partial charge in [0.15, 0.2) is 0 Å². The fraction of sp³-hybridized carbons (Fsp3) is 0.533. The number of nitrogens with zero attached hydrogens (tertiary/aromatic N) is 1. The summed E-state index contributed by atoms with van der Waals surface area (Å²) in [6, 6.07) is 6.29. The van der Waals surface area contributed by atoms with Crippen LogP contribution in [0.2, 0.25) is 0 Å². The molecule has 0 unspecified atom stereocenters. The molecule has 0 atom stereocenters. The van der Waals surface area contributed by atoms with Gasteiger partial charge in [0.2, 0.25) is 0 Å². The Morgan fingerprint density at radius 3 is 2.32 bits per heavy atom. The molecule has 0 bridgehead atoms. The van der Waals surface area contributed by atoms with Crippen molar-refractivity contribution in [1.82, 2.24) is 5.06 Å². The summed E-state index contributed by atoms with van der Waals surface area (Å²) in [5.74, 6) is -2.08. The van der Waals surface area contributed by atoms with E-state index in [-0.39, 0.29) is 5.82 Å².